The summed E-state index contributed by atoms with van der Waals surface area (Å²) in [5, 5.41) is 0. The van der Waals surface area contributed by atoms with Crippen molar-refractivity contribution in [2.45, 2.75) is 51.1 Å². The molecular weight excluding hydrogens is 333 g/mol. The standard InChI is InChI=1S/C16H25BrFN3/c1-16(2,21-9-4-3-5-10-21)14(20-19)11-12-7-6-8-13(18)15(12)17/h6-8,14,20H,3-5,9-11,19H2,1-2H3. The van der Waals surface area contributed by atoms with Crippen molar-refractivity contribution in [3.63, 3.8) is 0 Å². The van der Waals surface area contributed by atoms with E-state index < -0.39 is 0 Å². The Bertz CT molecular complexity index is 473. The molecule has 1 aromatic carbocycles. The van der Waals surface area contributed by atoms with Gasteiger partial charge < -0.3 is 0 Å². The highest BCUT2D eigenvalue weighted by Crippen LogP contribution is 2.28. The van der Waals surface area contributed by atoms with Crippen LogP contribution >= 0.6 is 15.9 Å². The van der Waals surface area contributed by atoms with Gasteiger partial charge in [-0.15, -0.1) is 0 Å². The van der Waals surface area contributed by atoms with Crippen molar-refractivity contribution in [3.05, 3.63) is 34.1 Å². The first-order chi connectivity index (χ1) is 9.96. The number of likely N-dealkylation sites (tertiary alicyclic amines) is 1. The van der Waals surface area contributed by atoms with Crippen molar-refractivity contribution in [1.82, 2.24) is 10.3 Å². The lowest BCUT2D eigenvalue weighted by Gasteiger charge is -2.46. The zero-order chi connectivity index (χ0) is 15.5. The molecule has 1 heterocycles. The van der Waals surface area contributed by atoms with Crippen molar-refractivity contribution in [1.29, 1.82) is 0 Å². The molecule has 1 aliphatic rings. The fourth-order valence-electron chi connectivity index (χ4n) is 3.13. The number of piperidine rings is 1. The Kier molecular flexibility index (Phi) is 5.77. The smallest absolute Gasteiger partial charge is 0.137 e. The van der Waals surface area contributed by atoms with Gasteiger partial charge in [-0.1, -0.05) is 18.6 Å². The van der Waals surface area contributed by atoms with Gasteiger partial charge in [-0.2, -0.15) is 0 Å². The zero-order valence-corrected chi connectivity index (χ0v) is 14.4. The summed E-state index contributed by atoms with van der Waals surface area (Å²) in [6.45, 7) is 6.65. The first kappa shape index (κ1) is 16.9. The molecule has 5 heteroatoms. The van der Waals surface area contributed by atoms with Crippen LogP contribution in [0.4, 0.5) is 4.39 Å². The Morgan fingerprint density at radius 1 is 1.33 bits per heavy atom. The summed E-state index contributed by atoms with van der Waals surface area (Å²) in [7, 11) is 0. The van der Waals surface area contributed by atoms with Gasteiger partial charge in [0.2, 0.25) is 0 Å². The average Bonchev–Trinajstić information content (AvgIpc) is 2.49. The van der Waals surface area contributed by atoms with Gasteiger partial charge >= 0.3 is 0 Å². The summed E-state index contributed by atoms with van der Waals surface area (Å²) >= 11 is 3.34. The molecule has 0 aliphatic carbocycles. The van der Waals surface area contributed by atoms with Crippen LogP contribution in [0.1, 0.15) is 38.7 Å². The minimum absolute atomic E-state index is 0.0636. The van der Waals surface area contributed by atoms with Crippen LogP contribution in [0.25, 0.3) is 0 Å². The van der Waals surface area contributed by atoms with Gasteiger partial charge in [-0.25, -0.2) is 4.39 Å². The molecule has 0 amide bonds. The summed E-state index contributed by atoms with van der Waals surface area (Å²) in [4.78, 5) is 2.49. The normalized spacial score (nSPS) is 18.7. The van der Waals surface area contributed by atoms with E-state index in [0.717, 1.165) is 18.7 Å². The van der Waals surface area contributed by atoms with Crippen LogP contribution in [0, 0.1) is 5.82 Å². The topological polar surface area (TPSA) is 41.3 Å². The van der Waals surface area contributed by atoms with E-state index in [0.29, 0.717) is 10.9 Å². The maximum absolute atomic E-state index is 13.7. The van der Waals surface area contributed by atoms with Crippen molar-refractivity contribution in [2.24, 2.45) is 5.84 Å². The van der Waals surface area contributed by atoms with Gasteiger partial charge in [0, 0.05) is 11.6 Å². The largest absolute Gasteiger partial charge is 0.297 e. The number of hydrazine groups is 1. The molecule has 118 valence electrons. The van der Waals surface area contributed by atoms with Gasteiger partial charge in [0.25, 0.3) is 0 Å². The molecule has 0 aromatic heterocycles. The monoisotopic (exact) mass is 357 g/mol. The lowest BCUT2D eigenvalue weighted by molar-refractivity contribution is 0.0610. The Morgan fingerprint density at radius 2 is 2.00 bits per heavy atom. The van der Waals surface area contributed by atoms with Crippen LogP contribution in [0.2, 0.25) is 0 Å². The third-order valence-electron chi connectivity index (χ3n) is 4.68. The van der Waals surface area contributed by atoms with Crippen molar-refractivity contribution in [2.75, 3.05) is 13.1 Å². The summed E-state index contributed by atoms with van der Waals surface area (Å²) < 4.78 is 14.2. The fraction of sp³-hybridized carbons (Fsp3) is 0.625. The van der Waals surface area contributed by atoms with E-state index >= 15 is 0 Å². The second-order valence-corrected chi connectivity index (χ2v) is 7.13. The third kappa shape index (κ3) is 3.83. The van der Waals surface area contributed by atoms with E-state index in [2.05, 4.69) is 40.1 Å². The number of hydrogen-bond donors (Lipinski definition) is 2. The molecule has 0 radical (unpaired) electrons. The highest BCUT2D eigenvalue weighted by Gasteiger charge is 2.35. The lowest BCUT2D eigenvalue weighted by Crippen LogP contribution is -2.61. The minimum Gasteiger partial charge on any atom is -0.297 e. The summed E-state index contributed by atoms with van der Waals surface area (Å²) in [5.41, 5.74) is 3.83. The Hall–Kier alpha value is -0.490. The van der Waals surface area contributed by atoms with E-state index in [-0.39, 0.29) is 17.4 Å². The Labute approximate surface area is 135 Å². The zero-order valence-electron chi connectivity index (χ0n) is 12.8. The van der Waals surface area contributed by atoms with E-state index in [4.69, 9.17) is 5.84 Å². The highest BCUT2D eigenvalue weighted by molar-refractivity contribution is 9.10. The predicted octanol–water partition coefficient (Wildman–Crippen LogP) is 3.23. The van der Waals surface area contributed by atoms with Crippen LogP contribution in [-0.2, 0) is 6.42 Å². The minimum atomic E-state index is -0.223. The fourth-order valence-corrected chi connectivity index (χ4v) is 3.56. The van der Waals surface area contributed by atoms with Crippen LogP contribution in [0.5, 0.6) is 0 Å². The molecule has 1 aliphatic heterocycles. The molecule has 1 aromatic rings. The molecule has 1 unspecified atom stereocenters. The molecule has 1 saturated heterocycles. The van der Waals surface area contributed by atoms with Crippen molar-refractivity contribution < 1.29 is 4.39 Å². The van der Waals surface area contributed by atoms with E-state index in [1.54, 1.807) is 6.07 Å². The second kappa shape index (κ2) is 7.18. The lowest BCUT2D eigenvalue weighted by atomic mass is 9.86. The average molecular weight is 358 g/mol. The molecule has 0 bridgehead atoms. The number of nitrogens with zero attached hydrogens (tertiary/aromatic N) is 1. The maximum atomic E-state index is 13.7. The maximum Gasteiger partial charge on any atom is 0.137 e. The molecule has 3 N–H and O–H groups in total. The molecule has 1 atom stereocenters. The number of benzene rings is 1. The first-order valence-corrected chi connectivity index (χ1v) is 8.40. The molecule has 3 nitrogen and oxygen atoms in total. The quantitative estimate of drug-likeness (QED) is 0.627. The molecule has 2 rings (SSSR count). The van der Waals surface area contributed by atoms with Crippen LogP contribution < -0.4 is 11.3 Å². The molecule has 0 spiro atoms. The van der Waals surface area contributed by atoms with Gasteiger partial charge in [0.15, 0.2) is 0 Å². The molecule has 21 heavy (non-hydrogen) atoms. The highest BCUT2D eigenvalue weighted by atomic mass is 79.9. The van der Waals surface area contributed by atoms with Gasteiger partial charge in [-0.3, -0.25) is 16.2 Å². The summed E-state index contributed by atoms with van der Waals surface area (Å²) in [5.74, 6) is 5.59. The Balaban J connectivity index is 2.16. The van der Waals surface area contributed by atoms with Crippen LogP contribution in [0.3, 0.4) is 0 Å². The SMILES string of the molecule is CC(C)(C(Cc1cccc(F)c1Br)NN)N1CCCCC1. The third-order valence-corrected chi connectivity index (χ3v) is 5.57. The summed E-state index contributed by atoms with van der Waals surface area (Å²) in [6, 6.07) is 5.23. The van der Waals surface area contributed by atoms with E-state index in [1.807, 2.05) is 6.07 Å². The van der Waals surface area contributed by atoms with Gasteiger partial charge in [-0.05, 0) is 73.8 Å². The van der Waals surface area contributed by atoms with Crippen molar-refractivity contribution >= 4 is 15.9 Å². The van der Waals surface area contributed by atoms with Gasteiger partial charge in [0.05, 0.1) is 4.47 Å². The number of hydrogen-bond acceptors (Lipinski definition) is 3. The second-order valence-electron chi connectivity index (χ2n) is 6.34. The van der Waals surface area contributed by atoms with Gasteiger partial charge in [0.1, 0.15) is 5.82 Å². The molecule has 0 saturated carbocycles. The summed E-state index contributed by atoms with van der Waals surface area (Å²) in [6.07, 6.45) is 4.48. The number of nitrogens with one attached hydrogen (secondary N) is 1. The van der Waals surface area contributed by atoms with Crippen LogP contribution in [-0.4, -0.2) is 29.6 Å². The van der Waals surface area contributed by atoms with E-state index in [9.17, 15) is 4.39 Å². The number of nitrogens with two attached hydrogens (primary N) is 1. The predicted molar refractivity (Wildman–Crippen MR) is 88.4 cm³/mol. The van der Waals surface area contributed by atoms with Crippen LogP contribution in [0.15, 0.2) is 22.7 Å². The Morgan fingerprint density at radius 3 is 2.62 bits per heavy atom. The number of rotatable bonds is 5. The molecular formula is C16H25BrFN3. The van der Waals surface area contributed by atoms with E-state index in [1.165, 1.54) is 25.3 Å². The first-order valence-electron chi connectivity index (χ1n) is 7.61. The number of halogens is 2. The molecule has 1 fully saturated rings. The van der Waals surface area contributed by atoms with Crippen molar-refractivity contribution in [3.8, 4) is 0 Å².